The van der Waals surface area contributed by atoms with Crippen molar-refractivity contribution in [3.63, 3.8) is 0 Å². The summed E-state index contributed by atoms with van der Waals surface area (Å²) in [7, 11) is 0. The molecule has 0 fully saturated rings. The molecule has 3 nitrogen and oxygen atoms in total. The molecule has 1 N–H and O–H groups in total. The fraction of sp³-hybridized carbons (Fsp3) is 0.0909. The number of aromatic nitrogens is 3. The molecule has 4 aromatic rings. The Kier molecular flexibility index (Phi) is 5.28. The molecule has 3 aromatic carbocycles. The predicted molar refractivity (Wildman–Crippen MR) is 112 cm³/mol. The van der Waals surface area contributed by atoms with Gasteiger partial charge in [0.2, 0.25) is 5.16 Å². The quantitative estimate of drug-likeness (QED) is 0.405. The first kappa shape index (κ1) is 17.8. The van der Waals surface area contributed by atoms with Crippen molar-refractivity contribution >= 4 is 23.4 Å². The van der Waals surface area contributed by atoms with Gasteiger partial charge in [0.05, 0.1) is 5.25 Å². The number of rotatable bonds is 5. The zero-order valence-corrected chi connectivity index (χ0v) is 16.3. The monoisotopic (exact) mass is 391 g/mol. The number of hydrogen-bond donors (Lipinski definition) is 1. The number of benzene rings is 3. The lowest BCUT2D eigenvalue weighted by atomic mass is 10.0. The van der Waals surface area contributed by atoms with Gasteiger partial charge in [-0.2, -0.15) is 0 Å². The first-order chi connectivity index (χ1) is 13.2. The fourth-order valence-corrected chi connectivity index (χ4v) is 4.00. The molecule has 1 aromatic heterocycles. The van der Waals surface area contributed by atoms with Crippen LogP contribution in [0.5, 0.6) is 0 Å². The minimum atomic E-state index is 0.0881. The number of H-pyrrole nitrogens is 1. The van der Waals surface area contributed by atoms with Crippen molar-refractivity contribution in [2.24, 2.45) is 0 Å². The molecule has 1 atom stereocenters. The molecule has 0 bridgehead atoms. The largest absolute Gasteiger partial charge is 0.258 e. The van der Waals surface area contributed by atoms with Crippen LogP contribution in [-0.2, 0) is 0 Å². The second-order valence-corrected chi connectivity index (χ2v) is 7.80. The molecule has 0 aliphatic rings. The molecule has 0 spiro atoms. The minimum Gasteiger partial charge on any atom is -0.258 e. The summed E-state index contributed by atoms with van der Waals surface area (Å²) in [6.45, 7) is 2.07. The highest BCUT2D eigenvalue weighted by Gasteiger charge is 2.18. The molecule has 0 saturated carbocycles. The van der Waals surface area contributed by atoms with Gasteiger partial charge in [0, 0.05) is 10.6 Å². The maximum absolute atomic E-state index is 6.07. The molecule has 0 unspecified atom stereocenters. The molecule has 0 amide bonds. The SMILES string of the molecule is Cc1ccc(-c2nc(S[C@@H](c3ccccc3)c3ccc(Cl)cc3)n[nH]2)cc1. The third kappa shape index (κ3) is 4.24. The number of aryl methyl sites for hydroxylation is 1. The second-order valence-electron chi connectivity index (χ2n) is 6.29. The van der Waals surface area contributed by atoms with Crippen molar-refractivity contribution in [2.45, 2.75) is 17.3 Å². The molecular weight excluding hydrogens is 374 g/mol. The number of nitrogens with one attached hydrogen (secondary N) is 1. The predicted octanol–water partition coefficient (Wildman–Crippen LogP) is 6.32. The summed E-state index contributed by atoms with van der Waals surface area (Å²) in [5.41, 5.74) is 4.62. The van der Waals surface area contributed by atoms with Crippen LogP contribution in [0.3, 0.4) is 0 Å². The van der Waals surface area contributed by atoms with E-state index in [0.717, 1.165) is 27.1 Å². The smallest absolute Gasteiger partial charge is 0.209 e. The molecule has 1 heterocycles. The Hall–Kier alpha value is -2.56. The van der Waals surface area contributed by atoms with E-state index >= 15 is 0 Å². The number of nitrogens with zero attached hydrogens (tertiary/aromatic N) is 2. The fourth-order valence-electron chi connectivity index (χ4n) is 2.84. The van der Waals surface area contributed by atoms with Crippen LogP contribution in [0.2, 0.25) is 5.02 Å². The Balaban J connectivity index is 1.64. The average molecular weight is 392 g/mol. The van der Waals surface area contributed by atoms with Crippen LogP contribution in [0.4, 0.5) is 0 Å². The van der Waals surface area contributed by atoms with E-state index in [9.17, 15) is 0 Å². The van der Waals surface area contributed by atoms with E-state index in [1.165, 1.54) is 11.1 Å². The third-order valence-electron chi connectivity index (χ3n) is 4.29. The third-order valence-corrected chi connectivity index (χ3v) is 5.71. The van der Waals surface area contributed by atoms with E-state index in [1.54, 1.807) is 11.8 Å². The van der Waals surface area contributed by atoms with Gasteiger partial charge in [-0.15, -0.1) is 5.10 Å². The average Bonchev–Trinajstić information content (AvgIpc) is 3.17. The van der Waals surface area contributed by atoms with Crippen LogP contribution in [0.25, 0.3) is 11.4 Å². The summed E-state index contributed by atoms with van der Waals surface area (Å²) in [5.74, 6) is 0.778. The Morgan fingerprint density at radius 2 is 1.52 bits per heavy atom. The zero-order valence-electron chi connectivity index (χ0n) is 14.8. The van der Waals surface area contributed by atoms with E-state index in [-0.39, 0.29) is 5.25 Å². The van der Waals surface area contributed by atoms with Gasteiger partial charge in [-0.05, 0) is 30.2 Å². The van der Waals surface area contributed by atoms with Gasteiger partial charge in [0.15, 0.2) is 5.82 Å². The van der Waals surface area contributed by atoms with E-state index in [1.807, 2.05) is 18.2 Å². The lowest BCUT2D eigenvalue weighted by Gasteiger charge is -2.16. The summed E-state index contributed by atoms with van der Waals surface area (Å²) in [6.07, 6.45) is 0. The summed E-state index contributed by atoms with van der Waals surface area (Å²) in [5, 5.41) is 9.02. The first-order valence-corrected chi connectivity index (χ1v) is 9.91. The van der Waals surface area contributed by atoms with Gasteiger partial charge in [-0.1, -0.05) is 95.7 Å². The number of thioether (sulfide) groups is 1. The molecule has 5 heteroatoms. The van der Waals surface area contributed by atoms with Crippen LogP contribution < -0.4 is 0 Å². The normalized spacial score (nSPS) is 12.1. The van der Waals surface area contributed by atoms with Gasteiger partial charge in [-0.3, -0.25) is 5.10 Å². The molecule has 27 heavy (non-hydrogen) atoms. The Bertz CT molecular complexity index is 1010. The lowest BCUT2D eigenvalue weighted by molar-refractivity contribution is 0.965. The number of aromatic amines is 1. The summed E-state index contributed by atoms with van der Waals surface area (Å²) in [4.78, 5) is 4.69. The van der Waals surface area contributed by atoms with Crippen molar-refractivity contribution in [2.75, 3.05) is 0 Å². The Morgan fingerprint density at radius 1 is 0.852 bits per heavy atom. The van der Waals surface area contributed by atoms with Crippen molar-refractivity contribution in [1.29, 1.82) is 0 Å². The highest BCUT2D eigenvalue weighted by atomic mass is 35.5. The van der Waals surface area contributed by atoms with Crippen LogP contribution >= 0.6 is 23.4 Å². The Morgan fingerprint density at radius 3 is 2.22 bits per heavy atom. The van der Waals surface area contributed by atoms with Gasteiger partial charge < -0.3 is 0 Å². The van der Waals surface area contributed by atoms with Crippen molar-refractivity contribution in [3.05, 3.63) is 101 Å². The second kappa shape index (κ2) is 7.99. The van der Waals surface area contributed by atoms with Crippen LogP contribution in [-0.4, -0.2) is 15.2 Å². The topological polar surface area (TPSA) is 41.6 Å². The molecule has 0 aliphatic carbocycles. The van der Waals surface area contributed by atoms with Gasteiger partial charge >= 0.3 is 0 Å². The number of hydrogen-bond acceptors (Lipinski definition) is 3. The zero-order chi connectivity index (χ0) is 18.6. The molecule has 0 saturated heterocycles. The van der Waals surface area contributed by atoms with E-state index in [2.05, 4.69) is 82.8 Å². The van der Waals surface area contributed by atoms with Gasteiger partial charge in [-0.25, -0.2) is 4.98 Å². The molecular formula is C22H18ClN3S. The Labute approximate surface area is 167 Å². The first-order valence-electron chi connectivity index (χ1n) is 8.65. The summed E-state index contributed by atoms with van der Waals surface area (Å²) >= 11 is 7.69. The lowest BCUT2D eigenvalue weighted by Crippen LogP contribution is -1.97. The maximum Gasteiger partial charge on any atom is 0.209 e. The number of halogens is 1. The molecule has 4 rings (SSSR count). The van der Waals surface area contributed by atoms with E-state index in [0.29, 0.717) is 0 Å². The molecule has 0 aliphatic heterocycles. The van der Waals surface area contributed by atoms with Crippen molar-refractivity contribution in [3.8, 4) is 11.4 Å². The standard InChI is InChI=1S/C22H18ClN3S/c1-15-7-9-18(10-8-15)21-24-22(26-25-21)27-20(16-5-3-2-4-6-16)17-11-13-19(23)14-12-17/h2-14,20H,1H3,(H,24,25,26)/t20-/m0/s1. The van der Waals surface area contributed by atoms with Gasteiger partial charge in [0.25, 0.3) is 0 Å². The summed E-state index contributed by atoms with van der Waals surface area (Å²) < 4.78 is 0. The van der Waals surface area contributed by atoms with E-state index < -0.39 is 0 Å². The van der Waals surface area contributed by atoms with Crippen molar-refractivity contribution < 1.29 is 0 Å². The maximum atomic E-state index is 6.07. The minimum absolute atomic E-state index is 0.0881. The van der Waals surface area contributed by atoms with Crippen LogP contribution in [0.15, 0.2) is 84.0 Å². The summed E-state index contributed by atoms with van der Waals surface area (Å²) in [6, 6.07) is 26.6. The van der Waals surface area contributed by atoms with Crippen molar-refractivity contribution in [1.82, 2.24) is 15.2 Å². The highest BCUT2D eigenvalue weighted by Crippen LogP contribution is 2.39. The molecule has 0 radical (unpaired) electrons. The van der Waals surface area contributed by atoms with Gasteiger partial charge in [0.1, 0.15) is 0 Å². The molecule has 134 valence electrons. The van der Waals surface area contributed by atoms with Crippen LogP contribution in [0, 0.1) is 6.92 Å². The van der Waals surface area contributed by atoms with Crippen LogP contribution in [0.1, 0.15) is 21.9 Å². The van der Waals surface area contributed by atoms with E-state index in [4.69, 9.17) is 11.6 Å². The highest BCUT2D eigenvalue weighted by molar-refractivity contribution is 7.99.